The maximum atomic E-state index is 13.4. The summed E-state index contributed by atoms with van der Waals surface area (Å²) in [5.74, 6) is 1.53. The fraction of sp³-hybridized carbons (Fsp3) is 0.632. The van der Waals surface area contributed by atoms with Gasteiger partial charge in [0.25, 0.3) is 0 Å². The number of carbonyl (C=O) groups excluding carboxylic acids is 1. The van der Waals surface area contributed by atoms with Gasteiger partial charge >= 0.3 is 0 Å². The molecule has 1 aromatic carbocycles. The van der Waals surface area contributed by atoms with Gasteiger partial charge in [0, 0.05) is 38.3 Å². The standard InChI is InChI=1S/C19H26FN3O2/c1-25-16-11-14(20)4-5-15(16)22-6-8-23(9-7-22)19(24)17-12-2-3-13(10-12)18(17)21/h4-5,11-13,17-18H,2-3,6-10,21H2,1H3. The van der Waals surface area contributed by atoms with E-state index in [1.54, 1.807) is 13.2 Å². The minimum atomic E-state index is -0.306. The summed E-state index contributed by atoms with van der Waals surface area (Å²) in [5, 5.41) is 0. The van der Waals surface area contributed by atoms with Gasteiger partial charge in [-0.1, -0.05) is 0 Å². The summed E-state index contributed by atoms with van der Waals surface area (Å²) in [6.07, 6.45) is 3.47. The van der Waals surface area contributed by atoms with Crippen LogP contribution in [0.15, 0.2) is 18.2 Å². The summed E-state index contributed by atoms with van der Waals surface area (Å²) in [6, 6.07) is 4.64. The Balaban J connectivity index is 1.41. The summed E-state index contributed by atoms with van der Waals surface area (Å²) >= 11 is 0. The summed E-state index contributed by atoms with van der Waals surface area (Å²) in [7, 11) is 1.55. The van der Waals surface area contributed by atoms with Crippen molar-refractivity contribution in [2.24, 2.45) is 23.5 Å². The van der Waals surface area contributed by atoms with Crippen LogP contribution < -0.4 is 15.4 Å². The van der Waals surface area contributed by atoms with Gasteiger partial charge in [-0.25, -0.2) is 4.39 Å². The minimum Gasteiger partial charge on any atom is -0.494 e. The summed E-state index contributed by atoms with van der Waals surface area (Å²) in [4.78, 5) is 17.1. The van der Waals surface area contributed by atoms with E-state index in [1.165, 1.54) is 18.6 Å². The van der Waals surface area contributed by atoms with Crippen LogP contribution in [0.25, 0.3) is 0 Å². The summed E-state index contributed by atoms with van der Waals surface area (Å²) in [6.45, 7) is 2.81. The summed E-state index contributed by atoms with van der Waals surface area (Å²) < 4.78 is 18.7. The van der Waals surface area contributed by atoms with E-state index in [4.69, 9.17) is 10.5 Å². The first-order valence-corrected chi connectivity index (χ1v) is 9.21. The molecule has 1 saturated heterocycles. The van der Waals surface area contributed by atoms with Gasteiger partial charge in [0.2, 0.25) is 5.91 Å². The maximum Gasteiger partial charge on any atom is 0.227 e. The number of amides is 1. The Morgan fingerprint density at radius 1 is 1.20 bits per heavy atom. The molecule has 4 rings (SSSR count). The van der Waals surface area contributed by atoms with Crippen LogP contribution in [0.4, 0.5) is 10.1 Å². The molecule has 2 aliphatic carbocycles. The highest BCUT2D eigenvalue weighted by molar-refractivity contribution is 5.81. The second kappa shape index (κ2) is 6.48. The minimum absolute atomic E-state index is 0.0191. The summed E-state index contributed by atoms with van der Waals surface area (Å²) in [5.41, 5.74) is 7.21. The topological polar surface area (TPSA) is 58.8 Å². The predicted octanol–water partition coefficient (Wildman–Crippen LogP) is 1.86. The molecule has 6 heteroatoms. The number of hydrogen-bond donors (Lipinski definition) is 1. The number of fused-ring (bicyclic) bond motifs is 2. The lowest BCUT2D eigenvalue weighted by atomic mass is 9.84. The SMILES string of the molecule is COc1cc(F)ccc1N1CCN(C(=O)C2C3CCC(C3)C2N)CC1. The third kappa shape index (κ3) is 2.86. The molecule has 0 radical (unpaired) electrons. The average molecular weight is 347 g/mol. The Morgan fingerprint density at radius 2 is 1.92 bits per heavy atom. The van der Waals surface area contributed by atoms with Crippen molar-refractivity contribution in [3.8, 4) is 5.75 Å². The van der Waals surface area contributed by atoms with Crippen LogP contribution in [0.1, 0.15) is 19.3 Å². The molecule has 5 nitrogen and oxygen atoms in total. The van der Waals surface area contributed by atoms with E-state index in [9.17, 15) is 9.18 Å². The van der Waals surface area contributed by atoms with Gasteiger partial charge in [-0.05, 0) is 43.2 Å². The monoisotopic (exact) mass is 347 g/mol. The Bertz CT molecular complexity index is 658. The van der Waals surface area contributed by atoms with E-state index in [2.05, 4.69) is 4.90 Å². The highest BCUT2D eigenvalue weighted by atomic mass is 19.1. The fourth-order valence-electron chi connectivity index (χ4n) is 4.99. The highest BCUT2D eigenvalue weighted by Gasteiger charge is 2.50. The van der Waals surface area contributed by atoms with Gasteiger partial charge in [-0.15, -0.1) is 0 Å². The van der Waals surface area contributed by atoms with E-state index in [0.717, 1.165) is 31.6 Å². The van der Waals surface area contributed by atoms with Crippen LogP contribution in [0.3, 0.4) is 0 Å². The number of hydrogen-bond acceptors (Lipinski definition) is 4. The Morgan fingerprint density at radius 3 is 2.56 bits per heavy atom. The third-order valence-electron chi connectivity index (χ3n) is 6.34. The second-order valence-corrected chi connectivity index (χ2v) is 7.56. The molecule has 1 aromatic rings. The van der Waals surface area contributed by atoms with Crippen LogP contribution in [0, 0.1) is 23.6 Å². The van der Waals surface area contributed by atoms with Crippen LogP contribution in [-0.2, 0) is 4.79 Å². The zero-order valence-corrected chi connectivity index (χ0v) is 14.7. The lowest BCUT2D eigenvalue weighted by Crippen LogP contribution is -2.54. The molecular weight excluding hydrogens is 321 g/mol. The zero-order chi connectivity index (χ0) is 17.6. The molecular formula is C19H26FN3O2. The molecule has 4 unspecified atom stereocenters. The quantitative estimate of drug-likeness (QED) is 0.907. The number of anilines is 1. The molecule has 1 amide bonds. The molecule has 136 valence electrons. The van der Waals surface area contributed by atoms with Crippen molar-refractivity contribution >= 4 is 11.6 Å². The van der Waals surface area contributed by atoms with Gasteiger partial charge in [0.15, 0.2) is 0 Å². The molecule has 1 aliphatic heterocycles. The average Bonchev–Trinajstić information content (AvgIpc) is 3.22. The lowest BCUT2D eigenvalue weighted by Gasteiger charge is -2.39. The fourth-order valence-corrected chi connectivity index (χ4v) is 4.99. The van der Waals surface area contributed by atoms with Crippen molar-refractivity contribution in [1.29, 1.82) is 0 Å². The first-order valence-electron chi connectivity index (χ1n) is 9.21. The number of carbonyl (C=O) groups is 1. The highest BCUT2D eigenvalue weighted by Crippen LogP contribution is 2.48. The van der Waals surface area contributed by atoms with Crippen molar-refractivity contribution in [2.45, 2.75) is 25.3 Å². The predicted molar refractivity (Wildman–Crippen MR) is 94.0 cm³/mol. The molecule has 1 heterocycles. The normalized spacial score (nSPS) is 31.5. The number of nitrogens with zero attached hydrogens (tertiary/aromatic N) is 2. The van der Waals surface area contributed by atoms with E-state index in [0.29, 0.717) is 30.7 Å². The molecule has 3 aliphatic rings. The molecule has 0 spiro atoms. The van der Waals surface area contributed by atoms with Crippen molar-refractivity contribution in [3.05, 3.63) is 24.0 Å². The Hall–Kier alpha value is -1.82. The van der Waals surface area contributed by atoms with Crippen molar-refractivity contribution in [2.75, 3.05) is 38.2 Å². The second-order valence-electron chi connectivity index (χ2n) is 7.56. The van der Waals surface area contributed by atoms with Crippen molar-refractivity contribution in [3.63, 3.8) is 0 Å². The number of nitrogens with two attached hydrogens (primary N) is 1. The maximum absolute atomic E-state index is 13.4. The molecule has 2 bridgehead atoms. The Labute approximate surface area is 147 Å². The van der Waals surface area contributed by atoms with E-state index >= 15 is 0 Å². The number of halogens is 1. The molecule has 3 fully saturated rings. The molecule has 25 heavy (non-hydrogen) atoms. The van der Waals surface area contributed by atoms with Crippen LogP contribution in [0.2, 0.25) is 0 Å². The van der Waals surface area contributed by atoms with Crippen molar-refractivity contribution in [1.82, 2.24) is 4.90 Å². The largest absolute Gasteiger partial charge is 0.494 e. The van der Waals surface area contributed by atoms with E-state index < -0.39 is 0 Å². The molecule has 2 N–H and O–H groups in total. The van der Waals surface area contributed by atoms with Crippen molar-refractivity contribution < 1.29 is 13.9 Å². The molecule has 0 aromatic heterocycles. The van der Waals surface area contributed by atoms with E-state index in [-0.39, 0.29) is 23.7 Å². The number of ether oxygens (including phenoxy) is 1. The van der Waals surface area contributed by atoms with E-state index in [1.807, 2.05) is 4.90 Å². The third-order valence-corrected chi connectivity index (χ3v) is 6.34. The molecule has 2 saturated carbocycles. The Kier molecular flexibility index (Phi) is 4.31. The number of rotatable bonds is 3. The van der Waals surface area contributed by atoms with Gasteiger partial charge in [0.05, 0.1) is 18.7 Å². The number of benzene rings is 1. The lowest BCUT2D eigenvalue weighted by molar-refractivity contribution is -0.138. The first kappa shape index (κ1) is 16.6. The smallest absolute Gasteiger partial charge is 0.227 e. The number of piperazine rings is 1. The number of methoxy groups -OCH3 is 1. The van der Waals surface area contributed by atoms with Crippen LogP contribution in [-0.4, -0.2) is 50.1 Å². The molecule has 4 atom stereocenters. The van der Waals surface area contributed by atoms with Crippen LogP contribution >= 0.6 is 0 Å². The van der Waals surface area contributed by atoms with Gasteiger partial charge in [0.1, 0.15) is 11.6 Å². The van der Waals surface area contributed by atoms with Gasteiger partial charge < -0.3 is 20.3 Å². The van der Waals surface area contributed by atoms with Crippen LogP contribution in [0.5, 0.6) is 5.75 Å². The van der Waals surface area contributed by atoms with Gasteiger partial charge in [-0.3, -0.25) is 4.79 Å². The zero-order valence-electron chi connectivity index (χ0n) is 14.7. The van der Waals surface area contributed by atoms with Gasteiger partial charge in [-0.2, -0.15) is 0 Å². The first-order chi connectivity index (χ1) is 12.1.